The minimum absolute atomic E-state index is 0.00654. The van der Waals surface area contributed by atoms with Crippen LogP contribution < -0.4 is 11.1 Å². The number of nitrogens with two attached hydrogens (primary N) is 1. The van der Waals surface area contributed by atoms with Crippen LogP contribution in [-0.2, 0) is 0 Å². The Hall–Kier alpha value is -1.53. The van der Waals surface area contributed by atoms with Crippen LogP contribution in [0.3, 0.4) is 0 Å². The number of nitrogen functional groups attached to an aromatic ring is 1. The number of hydrogen-bond acceptors (Lipinski definition) is 5. The Labute approximate surface area is 90.8 Å². The van der Waals surface area contributed by atoms with Gasteiger partial charge in [0.1, 0.15) is 11.4 Å². The number of nitro groups is 1. The second-order valence-corrected chi connectivity index (χ2v) is 3.24. The fourth-order valence-electron chi connectivity index (χ4n) is 1.15. The predicted molar refractivity (Wildman–Crippen MR) is 58.1 cm³/mol. The average molecular weight is 232 g/mol. The zero-order valence-corrected chi connectivity index (χ0v) is 8.49. The standard InChI is InChI=1S/C8H10ClN3O3/c9-5-3-6(10)8(12(14)15)7(4-5)11-1-2-13/h3-4,11,13H,1-2,10H2. The lowest BCUT2D eigenvalue weighted by Crippen LogP contribution is -2.08. The molecule has 0 unspecified atom stereocenters. The van der Waals surface area contributed by atoms with E-state index < -0.39 is 4.92 Å². The van der Waals surface area contributed by atoms with Crippen molar-refractivity contribution in [2.45, 2.75) is 0 Å². The zero-order valence-electron chi connectivity index (χ0n) is 7.74. The second-order valence-electron chi connectivity index (χ2n) is 2.80. The summed E-state index contributed by atoms with van der Waals surface area (Å²) in [6.45, 7) is 0.0597. The number of nitro benzene ring substituents is 1. The Morgan fingerprint density at radius 2 is 2.27 bits per heavy atom. The Morgan fingerprint density at radius 3 is 2.80 bits per heavy atom. The summed E-state index contributed by atoms with van der Waals surface area (Å²) in [4.78, 5) is 10.1. The maximum absolute atomic E-state index is 10.7. The molecule has 6 nitrogen and oxygen atoms in total. The van der Waals surface area contributed by atoms with E-state index in [4.69, 9.17) is 22.4 Å². The Bertz CT molecular complexity index is 384. The van der Waals surface area contributed by atoms with Gasteiger partial charge in [0.25, 0.3) is 0 Å². The number of rotatable bonds is 4. The van der Waals surface area contributed by atoms with Gasteiger partial charge in [-0.15, -0.1) is 0 Å². The van der Waals surface area contributed by atoms with E-state index in [0.29, 0.717) is 5.02 Å². The summed E-state index contributed by atoms with van der Waals surface area (Å²) in [7, 11) is 0. The molecule has 4 N–H and O–H groups in total. The van der Waals surface area contributed by atoms with Crippen LogP contribution in [0, 0.1) is 10.1 Å². The number of aliphatic hydroxyl groups is 1. The largest absolute Gasteiger partial charge is 0.395 e. The molecule has 0 amide bonds. The molecule has 0 aromatic heterocycles. The topological polar surface area (TPSA) is 101 Å². The van der Waals surface area contributed by atoms with Gasteiger partial charge in [0.15, 0.2) is 0 Å². The van der Waals surface area contributed by atoms with Crippen molar-refractivity contribution >= 4 is 28.7 Å². The normalized spacial score (nSPS) is 10.0. The Morgan fingerprint density at radius 1 is 1.60 bits per heavy atom. The molecule has 0 aliphatic heterocycles. The molecule has 0 bridgehead atoms. The molecule has 7 heteroatoms. The molecule has 0 fully saturated rings. The van der Waals surface area contributed by atoms with Gasteiger partial charge in [-0.3, -0.25) is 10.1 Å². The quantitative estimate of drug-likeness (QED) is 0.411. The van der Waals surface area contributed by atoms with Crippen LogP contribution in [0.5, 0.6) is 0 Å². The number of nitrogens with one attached hydrogen (secondary N) is 1. The molecule has 1 aromatic rings. The van der Waals surface area contributed by atoms with E-state index in [1.165, 1.54) is 12.1 Å². The summed E-state index contributed by atoms with van der Waals surface area (Å²) in [5.74, 6) is 0. The Balaban J connectivity index is 3.14. The van der Waals surface area contributed by atoms with E-state index >= 15 is 0 Å². The molecule has 0 aliphatic carbocycles. The molecule has 15 heavy (non-hydrogen) atoms. The second kappa shape index (κ2) is 4.81. The maximum Gasteiger partial charge on any atom is 0.315 e. The first kappa shape index (κ1) is 11.5. The monoisotopic (exact) mass is 231 g/mol. The van der Waals surface area contributed by atoms with Crippen molar-refractivity contribution in [3.8, 4) is 0 Å². The van der Waals surface area contributed by atoms with E-state index in [9.17, 15) is 10.1 Å². The van der Waals surface area contributed by atoms with Gasteiger partial charge in [-0.1, -0.05) is 11.6 Å². The molecular formula is C8H10ClN3O3. The van der Waals surface area contributed by atoms with Gasteiger partial charge in [-0.05, 0) is 12.1 Å². The lowest BCUT2D eigenvalue weighted by atomic mass is 10.2. The summed E-state index contributed by atoms with van der Waals surface area (Å²) in [5, 5.41) is 22.3. The van der Waals surface area contributed by atoms with Crippen molar-refractivity contribution < 1.29 is 10.0 Å². The third-order valence-corrected chi connectivity index (χ3v) is 1.93. The Kier molecular flexibility index (Phi) is 3.70. The first-order chi connectivity index (χ1) is 7.06. The minimum atomic E-state index is -0.592. The molecular weight excluding hydrogens is 222 g/mol. The van der Waals surface area contributed by atoms with E-state index in [1.807, 2.05) is 0 Å². The van der Waals surface area contributed by atoms with Gasteiger partial charge < -0.3 is 16.2 Å². The van der Waals surface area contributed by atoms with Crippen molar-refractivity contribution in [2.24, 2.45) is 0 Å². The SMILES string of the molecule is Nc1cc(Cl)cc(NCCO)c1[N+](=O)[O-]. The van der Waals surface area contributed by atoms with E-state index in [-0.39, 0.29) is 30.2 Å². The number of benzene rings is 1. The van der Waals surface area contributed by atoms with Gasteiger partial charge >= 0.3 is 5.69 Å². The first-order valence-electron chi connectivity index (χ1n) is 4.14. The molecule has 0 spiro atoms. The van der Waals surface area contributed by atoms with Gasteiger partial charge in [0.05, 0.1) is 11.5 Å². The molecule has 0 atom stereocenters. The molecule has 0 radical (unpaired) electrons. The minimum Gasteiger partial charge on any atom is -0.395 e. The van der Waals surface area contributed by atoms with Gasteiger partial charge in [0, 0.05) is 11.6 Å². The predicted octanol–water partition coefficient (Wildman–Crippen LogP) is 1.23. The number of halogens is 1. The van der Waals surface area contributed by atoms with Crippen LogP contribution >= 0.6 is 11.6 Å². The molecule has 0 heterocycles. The summed E-state index contributed by atoms with van der Waals surface area (Å²) in [5.41, 5.74) is 5.44. The van der Waals surface area contributed by atoms with Gasteiger partial charge in [-0.2, -0.15) is 0 Å². The highest BCUT2D eigenvalue weighted by molar-refractivity contribution is 6.31. The van der Waals surface area contributed by atoms with Crippen LogP contribution in [0.25, 0.3) is 0 Å². The number of nitrogens with zero attached hydrogens (tertiary/aromatic N) is 1. The van der Waals surface area contributed by atoms with Crippen LogP contribution in [-0.4, -0.2) is 23.2 Å². The first-order valence-corrected chi connectivity index (χ1v) is 4.52. The summed E-state index contributed by atoms with van der Waals surface area (Å²) in [6, 6.07) is 2.70. The summed E-state index contributed by atoms with van der Waals surface area (Å²) >= 11 is 5.70. The average Bonchev–Trinajstić information content (AvgIpc) is 2.12. The number of anilines is 2. The van der Waals surface area contributed by atoms with Crippen LogP contribution in [0.15, 0.2) is 12.1 Å². The van der Waals surface area contributed by atoms with Crippen LogP contribution in [0.2, 0.25) is 5.02 Å². The smallest absolute Gasteiger partial charge is 0.315 e. The van der Waals surface area contributed by atoms with E-state index in [0.717, 1.165) is 0 Å². The highest BCUT2D eigenvalue weighted by Crippen LogP contribution is 2.33. The highest BCUT2D eigenvalue weighted by Gasteiger charge is 2.18. The van der Waals surface area contributed by atoms with Gasteiger partial charge in [0.2, 0.25) is 0 Å². The van der Waals surface area contributed by atoms with Crippen molar-refractivity contribution in [2.75, 3.05) is 24.2 Å². The fraction of sp³-hybridized carbons (Fsp3) is 0.250. The molecule has 0 aliphatic rings. The fourth-order valence-corrected chi connectivity index (χ4v) is 1.38. The maximum atomic E-state index is 10.7. The van der Waals surface area contributed by atoms with E-state index in [1.54, 1.807) is 0 Å². The molecule has 1 rings (SSSR count). The van der Waals surface area contributed by atoms with Crippen molar-refractivity contribution in [1.29, 1.82) is 0 Å². The summed E-state index contributed by atoms with van der Waals surface area (Å²) in [6.07, 6.45) is 0. The number of hydrogen-bond donors (Lipinski definition) is 3. The lowest BCUT2D eigenvalue weighted by Gasteiger charge is -2.07. The molecule has 0 saturated carbocycles. The highest BCUT2D eigenvalue weighted by atomic mass is 35.5. The number of aliphatic hydroxyl groups excluding tert-OH is 1. The van der Waals surface area contributed by atoms with Crippen molar-refractivity contribution in [3.63, 3.8) is 0 Å². The van der Waals surface area contributed by atoms with E-state index in [2.05, 4.69) is 5.32 Å². The third-order valence-electron chi connectivity index (χ3n) is 1.71. The van der Waals surface area contributed by atoms with Crippen LogP contribution in [0.1, 0.15) is 0 Å². The molecule has 0 saturated heterocycles. The van der Waals surface area contributed by atoms with Crippen molar-refractivity contribution in [3.05, 3.63) is 27.3 Å². The lowest BCUT2D eigenvalue weighted by molar-refractivity contribution is -0.383. The summed E-state index contributed by atoms with van der Waals surface area (Å²) < 4.78 is 0. The molecule has 82 valence electrons. The zero-order chi connectivity index (χ0) is 11.4. The van der Waals surface area contributed by atoms with Gasteiger partial charge in [-0.25, -0.2) is 0 Å². The molecule has 1 aromatic carbocycles. The van der Waals surface area contributed by atoms with Crippen LogP contribution in [0.4, 0.5) is 17.1 Å². The third kappa shape index (κ3) is 2.71. The van der Waals surface area contributed by atoms with Crippen molar-refractivity contribution in [1.82, 2.24) is 0 Å².